The number of amides is 2. The molecule has 2 aromatic carbocycles. The summed E-state index contributed by atoms with van der Waals surface area (Å²) in [5.74, 6) is -0.0573. The first-order valence-electron chi connectivity index (χ1n) is 11.5. The normalized spacial score (nSPS) is 17.8. The van der Waals surface area contributed by atoms with Crippen LogP contribution in [0.15, 0.2) is 60.7 Å². The number of nitrogens with zero attached hydrogens (tertiary/aromatic N) is 3. The van der Waals surface area contributed by atoms with Gasteiger partial charge in [0.05, 0.1) is 12.0 Å². The summed E-state index contributed by atoms with van der Waals surface area (Å²) in [6.45, 7) is 5.04. The molecule has 9 nitrogen and oxygen atoms in total. The molecular weight excluding hydrogens is 480 g/mol. The lowest BCUT2D eigenvalue weighted by atomic mass is 9.88. The van der Waals surface area contributed by atoms with E-state index in [1.165, 1.54) is 23.1 Å². The summed E-state index contributed by atoms with van der Waals surface area (Å²) >= 11 is 5.06. The van der Waals surface area contributed by atoms with E-state index in [4.69, 9.17) is 17.0 Å². The third kappa shape index (κ3) is 4.99. The molecule has 2 saturated heterocycles. The first kappa shape index (κ1) is 25.1. The topological polar surface area (TPSA) is 105 Å². The molecular formula is C26H26N4O5S. The zero-order chi connectivity index (χ0) is 25.8. The van der Waals surface area contributed by atoms with Crippen LogP contribution in [-0.2, 0) is 9.59 Å². The molecule has 36 heavy (non-hydrogen) atoms. The number of methoxy groups -OCH3 is 1. The van der Waals surface area contributed by atoms with Crippen molar-refractivity contribution in [2.75, 3.05) is 31.6 Å². The molecule has 1 N–H and O–H groups in total. The third-order valence-electron chi connectivity index (χ3n) is 6.42. The quantitative estimate of drug-likeness (QED) is 0.152. The molecule has 0 saturated carbocycles. The van der Waals surface area contributed by atoms with Gasteiger partial charge in [-0.2, -0.15) is 0 Å². The molecule has 0 aromatic heterocycles. The van der Waals surface area contributed by atoms with E-state index >= 15 is 0 Å². The van der Waals surface area contributed by atoms with Crippen LogP contribution in [-0.4, -0.2) is 53.5 Å². The number of piperidine rings is 1. The molecule has 0 aliphatic carbocycles. The van der Waals surface area contributed by atoms with Crippen LogP contribution in [0.25, 0.3) is 6.08 Å². The van der Waals surface area contributed by atoms with Crippen LogP contribution < -0.4 is 15.0 Å². The lowest BCUT2D eigenvalue weighted by Crippen LogP contribution is -2.53. The van der Waals surface area contributed by atoms with E-state index in [9.17, 15) is 19.7 Å². The van der Waals surface area contributed by atoms with E-state index in [2.05, 4.69) is 18.0 Å². The maximum atomic E-state index is 12.8. The van der Waals surface area contributed by atoms with Crippen LogP contribution in [0.3, 0.4) is 0 Å². The second-order valence-corrected chi connectivity index (χ2v) is 8.92. The number of para-hydroxylation sites is 1. The first-order valence-corrected chi connectivity index (χ1v) is 11.9. The molecule has 0 unspecified atom stereocenters. The van der Waals surface area contributed by atoms with Gasteiger partial charge in [0, 0.05) is 25.7 Å². The van der Waals surface area contributed by atoms with Gasteiger partial charge in [-0.1, -0.05) is 30.3 Å². The summed E-state index contributed by atoms with van der Waals surface area (Å²) in [5.41, 5.74) is 1.80. The van der Waals surface area contributed by atoms with Crippen LogP contribution in [0.2, 0.25) is 0 Å². The minimum Gasteiger partial charge on any atom is -0.496 e. The van der Waals surface area contributed by atoms with Crippen molar-refractivity contribution in [3.63, 3.8) is 0 Å². The fraction of sp³-hybridized carbons (Fsp3) is 0.269. The zero-order valence-corrected chi connectivity index (χ0v) is 20.6. The Bertz CT molecular complexity index is 1270. The van der Waals surface area contributed by atoms with Gasteiger partial charge in [0.15, 0.2) is 5.11 Å². The van der Waals surface area contributed by atoms with E-state index < -0.39 is 16.7 Å². The largest absolute Gasteiger partial charge is 0.496 e. The van der Waals surface area contributed by atoms with Gasteiger partial charge < -0.3 is 9.64 Å². The monoisotopic (exact) mass is 506 g/mol. The summed E-state index contributed by atoms with van der Waals surface area (Å²) in [7, 11) is 1.66. The number of ether oxygens (including phenoxy) is 1. The van der Waals surface area contributed by atoms with Gasteiger partial charge in [-0.25, -0.2) is 0 Å². The van der Waals surface area contributed by atoms with Gasteiger partial charge >= 0.3 is 0 Å². The third-order valence-corrected chi connectivity index (χ3v) is 6.74. The van der Waals surface area contributed by atoms with Crippen molar-refractivity contribution >= 4 is 46.6 Å². The number of hydrogen-bond donors (Lipinski definition) is 1. The second kappa shape index (κ2) is 10.7. The van der Waals surface area contributed by atoms with E-state index in [1.54, 1.807) is 19.2 Å². The van der Waals surface area contributed by atoms with Crippen LogP contribution >= 0.6 is 12.2 Å². The Balaban J connectivity index is 1.57. The smallest absolute Gasteiger partial charge is 0.293 e. The number of nitro groups is 1. The lowest BCUT2D eigenvalue weighted by Gasteiger charge is -2.34. The predicted octanol–water partition coefficient (Wildman–Crippen LogP) is 3.80. The molecule has 0 radical (unpaired) electrons. The zero-order valence-electron chi connectivity index (χ0n) is 19.8. The van der Waals surface area contributed by atoms with Crippen LogP contribution in [0.1, 0.15) is 29.9 Å². The Kier molecular flexibility index (Phi) is 7.44. The maximum Gasteiger partial charge on any atom is 0.293 e. The molecule has 2 amide bonds. The van der Waals surface area contributed by atoms with Crippen molar-refractivity contribution in [2.45, 2.75) is 18.8 Å². The highest BCUT2D eigenvalue weighted by molar-refractivity contribution is 7.80. The number of hydrogen-bond acceptors (Lipinski definition) is 7. The van der Waals surface area contributed by atoms with Crippen LogP contribution in [0.5, 0.6) is 5.75 Å². The molecule has 2 aromatic rings. The van der Waals surface area contributed by atoms with Gasteiger partial charge in [-0.05, 0) is 60.3 Å². The minimum absolute atomic E-state index is 0.0000890. The molecule has 186 valence electrons. The summed E-state index contributed by atoms with van der Waals surface area (Å²) in [6, 6.07) is 12.7. The van der Waals surface area contributed by atoms with Gasteiger partial charge in [-0.15, -0.1) is 6.58 Å². The average molecular weight is 507 g/mol. The molecule has 2 aliphatic rings. The Morgan fingerprint density at radius 3 is 2.61 bits per heavy atom. The fourth-order valence-corrected chi connectivity index (χ4v) is 4.88. The molecule has 0 bridgehead atoms. The van der Waals surface area contributed by atoms with Crippen molar-refractivity contribution in [3.05, 3.63) is 81.9 Å². The number of benzene rings is 2. The number of nitrogens with one attached hydrogen (secondary N) is 1. The predicted molar refractivity (Wildman–Crippen MR) is 141 cm³/mol. The standard InChI is InChI=1S/C26H26N4O5S/c1-3-12-29-25(32)20(24(31)27-26(29)36)15-17-8-9-21(22(16-17)30(33)34)28-13-10-18(11-14-28)19-6-4-5-7-23(19)35-2/h3-9,15-16,18H,1,10-14H2,2H3,(H,27,31,36). The average Bonchev–Trinajstić information content (AvgIpc) is 2.89. The van der Waals surface area contributed by atoms with Crippen molar-refractivity contribution < 1.29 is 19.2 Å². The lowest BCUT2D eigenvalue weighted by molar-refractivity contribution is -0.384. The first-order chi connectivity index (χ1) is 17.3. The number of carbonyl (C=O) groups is 2. The highest BCUT2D eigenvalue weighted by atomic mass is 32.1. The number of nitro benzene ring substituents is 1. The van der Waals surface area contributed by atoms with Crippen molar-refractivity contribution in [1.29, 1.82) is 0 Å². The van der Waals surface area contributed by atoms with E-state index in [1.807, 2.05) is 23.1 Å². The summed E-state index contributed by atoms with van der Waals surface area (Å²) in [6.07, 6.45) is 4.50. The summed E-state index contributed by atoms with van der Waals surface area (Å²) in [5, 5.41) is 14.4. The second-order valence-electron chi connectivity index (χ2n) is 8.53. The van der Waals surface area contributed by atoms with Gasteiger partial charge in [-0.3, -0.25) is 29.9 Å². The van der Waals surface area contributed by atoms with E-state index in [-0.39, 0.29) is 22.9 Å². The van der Waals surface area contributed by atoms with Gasteiger partial charge in [0.2, 0.25) is 0 Å². The Morgan fingerprint density at radius 2 is 1.94 bits per heavy atom. The molecule has 4 rings (SSSR count). The SMILES string of the molecule is C=CCN1C(=O)C(=Cc2ccc(N3CCC(c4ccccc4OC)CC3)c([N+](=O)[O-])c2)C(=O)NC1=S. The molecule has 2 aliphatic heterocycles. The molecule has 10 heteroatoms. The Labute approximate surface area is 214 Å². The van der Waals surface area contributed by atoms with Gasteiger partial charge in [0.1, 0.15) is 17.0 Å². The highest BCUT2D eigenvalue weighted by Gasteiger charge is 2.33. The maximum absolute atomic E-state index is 12.8. The molecule has 0 atom stereocenters. The van der Waals surface area contributed by atoms with Crippen molar-refractivity contribution in [2.24, 2.45) is 0 Å². The number of carbonyl (C=O) groups excluding carboxylic acids is 2. The van der Waals surface area contributed by atoms with Crippen molar-refractivity contribution in [1.82, 2.24) is 10.2 Å². The Morgan fingerprint density at radius 1 is 1.22 bits per heavy atom. The van der Waals surface area contributed by atoms with Crippen LogP contribution in [0, 0.1) is 10.1 Å². The summed E-state index contributed by atoms with van der Waals surface area (Å²) < 4.78 is 5.50. The number of anilines is 1. The van der Waals surface area contributed by atoms with Gasteiger partial charge in [0.25, 0.3) is 17.5 Å². The Hall–Kier alpha value is -4.05. The molecule has 2 fully saturated rings. The van der Waals surface area contributed by atoms with E-state index in [0.29, 0.717) is 30.3 Å². The number of rotatable bonds is 7. The van der Waals surface area contributed by atoms with E-state index in [0.717, 1.165) is 24.2 Å². The molecule has 2 heterocycles. The highest BCUT2D eigenvalue weighted by Crippen LogP contribution is 2.38. The molecule has 0 spiro atoms. The number of thiocarbonyl (C=S) groups is 1. The minimum atomic E-state index is -0.643. The fourth-order valence-electron chi connectivity index (χ4n) is 4.63. The van der Waals surface area contributed by atoms with Crippen molar-refractivity contribution in [3.8, 4) is 5.75 Å². The van der Waals surface area contributed by atoms with Crippen LogP contribution in [0.4, 0.5) is 11.4 Å². The summed E-state index contributed by atoms with van der Waals surface area (Å²) in [4.78, 5) is 39.9.